The Kier molecular flexibility index (Phi) is 14.1. The lowest BCUT2D eigenvalue weighted by Crippen LogP contribution is -2.08. The molecule has 0 spiro atoms. The first kappa shape index (κ1) is 31.8. The van der Waals surface area contributed by atoms with E-state index in [0.717, 1.165) is 29.1 Å². The van der Waals surface area contributed by atoms with Crippen molar-refractivity contribution in [1.82, 2.24) is 0 Å². The Balaban J connectivity index is 0.00000334. The van der Waals surface area contributed by atoms with Gasteiger partial charge < -0.3 is 19.7 Å². The number of carbonyl (C=O) groups is 3. The van der Waals surface area contributed by atoms with E-state index in [4.69, 9.17) is 14.6 Å². The molecule has 0 saturated heterocycles. The number of aliphatic carboxylic acids is 1. The van der Waals surface area contributed by atoms with E-state index in [-0.39, 0.29) is 30.3 Å². The molecule has 0 saturated carbocycles. The number of phenolic OH excluding ortho intramolecular Hbond substituents is 1. The molecule has 0 atom stereocenters. The second kappa shape index (κ2) is 16.5. The van der Waals surface area contributed by atoms with Crippen LogP contribution in [0.1, 0.15) is 78.3 Å². The topological polar surface area (TPSA) is 110 Å². The Morgan fingerprint density at radius 2 is 1.57 bits per heavy atom. The van der Waals surface area contributed by atoms with Crippen molar-refractivity contribution < 1.29 is 34.1 Å². The number of ether oxygens (including phenoxy) is 2. The van der Waals surface area contributed by atoms with E-state index in [1.54, 1.807) is 30.0 Å². The maximum Gasteiger partial charge on any atom is 0.303 e. The fraction of sp³-hybridized carbons (Fsp3) is 0.414. The van der Waals surface area contributed by atoms with Gasteiger partial charge in [-0.05, 0) is 64.3 Å². The summed E-state index contributed by atoms with van der Waals surface area (Å²) in [5.74, 6) is 0.714. The minimum Gasteiger partial charge on any atom is -0.507 e. The Labute approximate surface area is 223 Å². The van der Waals surface area contributed by atoms with Gasteiger partial charge in [0.2, 0.25) is 0 Å². The van der Waals surface area contributed by atoms with E-state index >= 15 is 0 Å². The largest absolute Gasteiger partial charge is 0.507 e. The summed E-state index contributed by atoms with van der Waals surface area (Å²) in [6, 6.07) is 6.99. The highest BCUT2D eigenvalue weighted by atomic mass is 32.2. The summed E-state index contributed by atoms with van der Waals surface area (Å²) in [4.78, 5) is 35.4. The number of phenols is 1. The van der Waals surface area contributed by atoms with Crippen LogP contribution in [0.15, 0.2) is 42.3 Å². The number of benzene rings is 2. The highest BCUT2D eigenvalue weighted by molar-refractivity contribution is 7.99. The van der Waals surface area contributed by atoms with Crippen molar-refractivity contribution in [3.8, 4) is 17.2 Å². The summed E-state index contributed by atoms with van der Waals surface area (Å²) in [5, 5.41) is 19.3. The normalized spacial score (nSPS) is 10.3. The maximum atomic E-state index is 12.0. The molecule has 37 heavy (non-hydrogen) atoms. The van der Waals surface area contributed by atoms with Crippen LogP contribution in [-0.4, -0.2) is 46.7 Å². The van der Waals surface area contributed by atoms with E-state index in [0.29, 0.717) is 47.6 Å². The number of thioether (sulfide) groups is 1. The number of ketones is 2. The van der Waals surface area contributed by atoms with Gasteiger partial charge in [0.05, 0.1) is 24.3 Å². The fourth-order valence-electron chi connectivity index (χ4n) is 3.64. The van der Waals surface area contributed by atoms with Gasteiger partial charge >= 0.3 is 5.97 Å². The van der Waals surface area contributed by atoms with Crippen molar-refractivity contribution in [2.24, 2.45) is 0 Å². The molecule has 202 valence electrons. The lowest BCUT2D eigenvalue weighted by Gasteiger charge is -2.17. The average molecular weight is 531 g/mol. The van der Waals surface area contributed by atoms with Gasteiger partial charge in [-0.1, -0.05) is 13.3 Å². The summed E-state index contributed by atoms with van der Waals surface area (Å²) in [5.41, 5.74) is 2.31. The van der Waals surface area contributed by atoms with Crippen LogP contribution in [0.5, 0.6) is 17.2 Å². The van der Waals surface area contributed by atoms with Crippen LogP contribution in [0, 0.1) is 6.92 Å². The predicted molar refractivity (Wildman–Crippen MR) is 148 cm³/mol. The van der Waals surface area contributed by atoms with Crippen molar-refractivity contribution in [1.29, 1.82) is 0 Å². The van der Waals surface area contributed by atoms with Gasteiger partial charge in [-0.2, -0.15) is 0 Å². The monoisotopic (exact) mass is 530 g/mol. The Morgan fingerprint density at radius 1 is 0.946 bits per heavy atom. The van der Waals surface area contributed by atoms with Crippen LogP contribution in [0.3, 0.4) is 0 Å². The molecule has 0 aliphatic heterocycles. The molecule has 0 radical (unpaired) electrons. The molecule has 0 amide bonds. The molecule has 0 bridgehead atoms. The molecule has 2 aromatic carbocycles. The van der Waals surface area contributed by atoms with Gasteiger partial charge in [0.25, 0.3) is 0 Å². The number of aromatic hydroxyl groups is 1. The minimum atomic E-state index is -0.890. The molecule has 2 aromatic rings. The molecular weight excluding hydrogens is 492 g/mol. The molecule has 0 aliphatic rings. The zero-order valence-corrected chi connectivity index (χ0v) is 23.0. The van der Waals surface area contributed by atoms with E-state index in [2.05, 4.69) is 13.2 Å². The lowest BCUT2D eigenvalue weighted by atomic mass is 10.0. The highest BCUT2D eigenvalue weighted by Gasteiger charge is 2.17. The molecule has 2 N–H and O–H groups in total. The van der Waals surface area contributed by atoms with E-state index < -0.39 is 5.97 Å². The predicted octanol–water partition coefficient (Wildman–Crippen LogP) is 6.67. The first-order valence-electron chi connectivity index (χ1n) is 12.3. The molecule has 0 fully saturated rings. The van der Waals surface area contributed by atoms with Gasteiger partial charge in [-0.15, -0.1) is 24.9 Å². The van der Waals surface area contributed by atoms with Crippen LogP contribution in [0.25, 0.3) is 0 Å². The number of rotatable bonds is 15. The van der Waals surface area contributed by atoms with Gasteiger partial charge in [-0.25, -0.2) is 0 Å². The summed E-state index contributed by atoms with van der Waals surface area (Å²) >= 11 is 1.62. The Hall–Kier alpha value is -3.26. The Bertz CT molecular complexity index is 1080. The summed E-state index contributed by atoms with van der Waals surface area (Å²) < 4.78 is 11.7. The van der Waals surface area contributed by atoms with Crippen molar-refractivity contribution >= 4 is 29.3 Å². The van der Waals surface area contributed by atoms with Crippen molar-refractivity contribution in [2.45, 2.75) is 64.7 Å². The maximum absolute atomic E-state index is 12.0. The lowest BCUT2D eigenvalue weighted by molar-refractivity contribution is -0.137. The fourth-order valence-corrected chi connectivity index (χ4v) is 4.66. The van der Waals surface area contributed by atoms with Crippen LogP contribution in [-0.2, 0) is 11.2 Å². The molecule has 0 aromatic heterocycles. The van der Waals surface area contributed by atoms with Crippen LogP contribution >= 0.6 is 11.8 Å². The van der Waals surface area contributed by atoms with Crippen molar-refractivity contribution in [2.75, 3.05) is 19.0 Å². The number of carbonyl (C=O) groups excluding carboxylic acids is 2. The summed E-state index contributed by atoms with van der Waals surface area (Å²) in [6.07, 6.45) is 2.65. The zero-order valence-electron chi connectivity index (χ0n) is 22.2. The second-order valence-corrected chi connectivity index (χ2v) is 9.40. The quantitative estimate of drug-likeness (QED) is 0.114. The third-order valence-electron chi connectivity index (χ3n) is 5.44. The van der Waals surface area contributed by atoms with Crippen LogP contribution in [0.4, 0.5) is 0 Å². The number of carboxylic acids is 1. The van der Waals surface area contributed by atoms with E-state index in [9.17, 15) is 19.5 Å². The highest BCUT2D eigenvalue weighted by Crippen LogP contribution is 2.35. The first-order valence-corrected chi connectivity index (χ1v) is 13.3. The number of hydrogen-bond donors (Lipinski definition) is 2. The van der Waals surface area contributed by atoms with E-state index in [1.165, 1.54) is 13.8 Å². The third-order valence-corrected chi connectivity index (χ3v) is 6.63. The first-order chi connectivity index (χ1) is 17.7. The zero-order chi connectivity index (χ0) is 28.0. The number of hydrogen-bond acceptors (Lipinski definition) is 7. The molecule has 0 aliphatic carbocycles. The van der Waals surface area contributed by atoms with Crippen LogP contribution in [0.2, 0.25) is 0 Å². The Morgan fingerprint density at radius 3 is 2.16 bits per heavy atom. The van der Waals surface area contributed by atoms with Crippen LogP contribution < -0.4 is 9.47 Å². The number of Topliss-reactive ketones (excluding diaryl/α,β-unsaturated/α-hetero) is 2. The standard InChI is InChI=1S/C27H34O7S.C2H4/c1-5-8-22-24(13-11-20(18(3)28)26(22)32)35-16-7-15-33-23-12-10-21(19(4)29)27(17(23)2)34-14-6-9-25(30)31;1-2/h10-13,32H,5-9,14-16H2,1-4H3,(H,30,31);1-2H2. The molecule has 2 rings (SSSR count). The summed E-state index contributed by atoms with van der Waals surface area (Å²) in [7, 11) is 0. The average Bonchev–Trinajstić information content (AvgIpc) is 2.85. The molecule has 8 heteroatoms. The van der Waals surface area contributed by atoms with Crippen molar-refractivity contribution in [3.05, 3.63) is 59.7 Å². The minimum absolute atomic E-state index is 0.00245. The molecular formula is C29H38O7S. The third kappa shape index (κ3) is 9.61. The SMILES string of the molecule is C=C.CCCc1c(SCCCOc2ccc(C(C)=O)c(OCCCC(=O)O)c2C)ccc(C(C)=O)c1O. The smallest absolute Gasteiger partial charge is 0.303 e. The van der Waals surface area contributed by atoms with Gasteiger partial charge in [0.1, 0.15) is 17.2 Å². The van der Waals surface area contributed by atoms with Gasteiger partial charge in [0.15, 0.2) is 11.6 Å². The molecule has 7 nitrogen and oxygen atoms in total. The van der Waals surface area contributed by atoms with E-state index in [1.807, 2.05) is 19.9 Å². The van der Waals surface area contributed by atoms with Crippen molar-refractivity contribution in [3.63, 3.8) is 0 Å². The molecule has 0 unspecified atom stereocenters. The number of carboxylic acid groups (broad SMARTS) is 1. The molecule has 0 heterocycles. The summed E-state index contributed by atoms with van der Waals surface area (Å²) in [6.45, 7) is 13.4. The van der Waals surface area contributed by atoms with Gasteiger partial charge in [-0.3, -0.25) is 14.4 Å². The van der Waals surface area contributed by atoms with Gasteiger partial charge in [0, 0.05) is 28.2 Å². The second-order valence-electron chi connectivity index (χ2n) is 8.26.